The topological polar surface area (TPSA) is 73.0 Å². The highest BCUT2D eigenvalue weighted by molar-refractivity contribution is 5.79. The summed E-state index contributed by atoms with van der Waals surface area (Å²) >= 11 is 0. The van der Waals surface area contributed by atoms with Gasteiger partial charge in [0.25, 0.3) is 0 Å². The van der Waals surface area contributed by atoms with E-state index in [1.54, 1.807) is 6.26 Å². The number of furan rings is 1. The summed E-state index contributed by atoms with van der Waals surface area (Å²) in [5, 5.41) is 16.6. The van der Waals surface area contributed by atoms with E-state index in [-0.39, 0.29) is 6.10 Å². The van der Waals surface area contributed by atoms with E-state index in [1.807, 2.05) is 12.1 Å². The van der Waals surface area contributed by atoms with E-state index < -0.39 is 0 Å². The zero-order valence-corrected chi connectivity index (χ0v) is 17.4. The lowest BCUT2D eigenvalue weighted by Gasteiger charge is -2.17. The molecule has 3 rings (SSSR count). The third-order valence-corrected chi connectivity index (χ3v) is 5.23. The van der Waals surface area contributed by atoms with Gasteiger partial charge in [0, 0.05) is 39.1 Å². The molecule has 1 fully saturated rings. The minimum atomic E-state index is -0.187. The first-order valence-corrected chi connectivity index (χ1v) is 10.8. The van der Waals surface area contributed by atoms with Crippen LogP contribution in [0.4, 0.5) is 0 Å². The van der Waals surface area contributed by atoms with Gasteiger partial charge in [-0.05, 0) is 36.1 Å². The number of benzene rings is 1. The lowest BCUT2D eigenvalue weighted by molar-refractivity contribution is 0.174. The van der Waals surface area contributed by atoms with Crippen molar-refractivity contribution in [3.8, 4) is 0 Å². The number of aliphatic hydroxyl groups is 1. The van der Waals surface area contributed by atoms with Crippen LogP contribution in [-0.2, 0) is 19.5 Å². The minimum absolute atomic E-state index is 0.187. The van der Waals surface area contributed by atoms with Gasteiger partial charge in [-0.15, -0.1) is 0 Å². The second-order valence-electron chi connectivity index (χ2n) is 7.65. The number of guanidine groups is 1. The van der Waals surface area contributed by atoms with Gasteiger partial charge in [0.2, 0.25) is 0 Å². The zero-order valence-electron chi connectivity index (χ0n) is 17.4. The van der Waals surface area contributed by atoms with Crippen LogP contribution in [0.2, 0.25) is 0 Å². The first-order valence-electron chi connectivity index (χ1n) is 10.8. The number of hydrogen-bond acceptors (Lipinski definition) is 4. The number of aliphatic hydroxyl groups excluding tert-OH is 1. The van der Waals surface area contributed by atoms with Crippen LogP contribution in [0.25, 0.3) is 0 Å². The molecule has 0 amide bonds. The van der Waals surface area contributed by atoms with Crippen molar-refractivity contribution >= 4 is 5.96 Å². The van der Waals surface area contributed by atoms with Crippen molar-refractivity contribution in [2.45, 2.75) is 51.8 Å². The van der Waals surface area contributed by atoms with Crippen molar-refractivity contribution < 1.29 is 9.52 Å². The van der Waals surface area contributed by atoms with Crippen molar-refractivity contribution in [1.82, 2.24) is 15.5 Å². The van der Waals surface area contributed by atoms with Crippen LogP contribution in [0.5, 0.6) is 0 Å². The molecule has 2 aromatic rings. The Morgan fingerprint density at radius 2 is 2.00 bits per heavy atom. The van der Waals surface area contributed by atoms with Crippen molar-refractivity contribution in [2.24, 2.45) is 4.99 Å². The average molecular weight is 399 g/mol. The number of likely N-dealkylation sites (tertiary alicyclic amines) is 1. The Morgan fingerprint density at radius 1 is 1.17 bits per heavy atom. The maximum atomic E-state index is 9.79. The first-order chi connectivity index (χ1) is 14.2. The molecule has 0 bridgehead atoms. The van der Waals surface area contributed by atoms with Crippen molar-refractivity contribution in [2.75, 3.05) is 26.2 Å². The fourth-order valence-electron chi connectivity index (χ4n) is 3.54. The number of rotatable bonds is 10. The molecule has 1 saturated heterocycles. The summed E-state index contributed by atoms with van der Waals surface area (Å²) in [5.74, 6) is 1.82. The monoisotopic (exact) mass is 398 g/mol. The van der Waals surface area contributed by atoms with Gasteiger partial charge in [0.15, 0.2) is 5.96 Å². The molecule has 29 heavy (non-hydrogen) atoms. The average Bonchev–Trinajstić information content (AvgIpc) is 3.38. The highest BCUT2D eigenvalue weighted by Gasteiger charge is 2.20. The summed E-state index contributed by atoms with van der Waals surface area (Å²) in [6, 6.07) is 12.4. The molecule has 158 valence electrons. The first kappa shape index (κ1) is 21.4. The lowest BCUT2D eigenvalue weighted by Crippen LogP contribution is -2.39. The molecule has 1 aromatic carbocycles. The molecule has 0 radical (unpaired) electrons. The summed E-state index contributed by atoms with van der Waals surface area (Å²) in [6.45, 7) is 7.10. The molecule has 6 heteroatoms. The van der Waals surface area contributed by atoms with E-state index in [1.165, 1.54) is 11.1 Å². The van der Waals surface area contributed by atoms with Gasteiger partial charge in [-0.3, -0.25) is 4.90 Å². The molecule has 6 nitrogen and oxygen atoms in total. The van der Waals surface area contributed by atoms with E-state index in [0.717, 1.165) is 70.1 Å². The predicted octanol–water partition coefficient (Wildman–Crippen LogP) is 2.92. The van der Waals surface area contributed by atoms with E-state index in [2.05, 4.69) is 46.7 Å². The number of nitrogens with zero attached hydrogens (tertiary/aromatic N) is 2. The van der Waals surface area contributed by atoms with Gasteiger partial charge in [0.05, 0.1) is 18.9 Å². The third kappa shape index (κ3) is 7.22. The molecule has 1 atom stereocenters. The van der Waals surface area contributed by atoms with Gasteiger partial charge < -0.3 is 20.2 Å². The number of hydrogen-bond donors (Lipinski definition) is 3. The van der Waals surface area contributed by atoms with Crippen molar-refractivity contribution in [3.05, 3.63) is 59.5 Å². The maximum Gasteiger partial charge on any atom is 0.191 e. The summed E-state index contributed by atoms with van der Waals surface area (Å²) in [6.07, 6.45) is 5.48. The van der Waals surface area contributed by atoms with Crippen LogP contribution >= 0.6 is 0 Å². The molecule has 3 N–H and O–H groups in total. The number of nitrogens with one attached hydrogen (secondary N) is 2. The number of aliphatic imine (C=N–C) groups is 1. The van der Waals surface area contributed by atoms with Gasteiger partial charge in [0.1, 0.15) is 5.76 Å². The Balaban J connectivity index is 1.59. The smallest absolute Gasteiger partial charge is 0.191 e. The zero-order chi connectivity index (χ0) is 20.3. The molecule has 1 aliphatic heterocycles. The van der Waals surface area contributed by atoms with Gasteiger partial charge in [-0.1, -0.05) is 37.6 Å². The summed E-state index contributed by atoms with van der Waals surface area (Å²) in [4.78, 5) is 7.15. The highest BCUT2D eigenvalue weighted by Crippen LogP contribution is 2.17. The quantitative estimate of drug-likeness (QED) is 0.326. The lowest BCUT2D eigenvalue weighted by atomic mass is 10.1. The van der Waals surface area contributed by atoms with Crippen LogP contribution in [-0.4, -0.2) is 48.2 Å². The number of β-amino-alcohol motifs (C(OH)–C–C–N with tert-alkyl or cyclic N) is 1. The molecular weight excluding hydrogens is 364 g/mol. The summed E-state index contributed by atoms with van der Waals surface area (Å²) < 4.78 is 5.41. The Labute approximate surface area is 174 Å². The Hall–Kier alpha value is -2.31. The van der Waals surface area contributed by atoms with E-state index >= 15 is 0 Å². The second kappa shape index (κ2) is 11.6. The van der Waals surface area contributed by atoms with Gasteiger partial charge in [-0.2, -0.15) is 0 Å². The predicted molar refractivity (Wildman–Crippen MR) is 117 cm³/mol. The molecule has 0 aliphatic carbocycles. The minimum Gasteiger partial charge on any atom is -0.469 e. The highest BCUT2D eigenvalue weighted by atomic mass is 16.3. The van der Waals surface area contributed by atoms with Gasteiger partial charge >= 0.3 is 0 Å². The van der Waals surface area contributed by atoms with Crippen LogP contribution in [0, 0.1) is 0 Å². The fourth-order valence-corrected chi connectivity index (χ4v) is 3.54. The molecule has 2 heterocycles. The normalized spacial score (nSPS) is 17.6. The molecular formula is C23H34N4O2. The fraction of sp³-hybridized carbons (Fsp3) is 0.522. The van der Waals surface area contributed by atoms with Crippen LogP contribution in [0.1, 0.15) is 43.1 Å². The van der Waals surface area contributed by atoms with Crippen molar-refractivity contribution in [1.29, 1.82) is 0 Å². The summed E-state index contributed by atoms with van der Waals surface area (Å²) in [7, 11) is 0. The Morgan fingerprint density at radius 3 is 2.72 bits per heavy atom. The van der Waals surface area contributed by atoms with E-state index in [0.29, 0.717) is 6.54 Å². The summed E-state index contributed by atoms with van der Waals surface area (Å²) in [5.41, 5.74) is 2.52. The number of unbranched alkanes of at least 4 members (excludes halogenated alkanes) is 1. The van der Waals surface area contributed by atoms with E-state index in [4.69, 9.17) is 9.41 Å². The molecule has 1 aromatic heterocycles. The maximum absolute atomic E-state index is 9.79. The Kier molecular flexibility index (Phi) is 8.58. The van der Waals surface area contributed by atoms with Crippen LogP contribution in [0.15, 0.2) is 52.1 Å². The standard InChI is InChI=1S/C23H34N4O2/c1-2-3-12-24-23(25-13-10-22-9-6-15-29-22)26-16-19-7-4-5-8-20(19)17-27-14-11-21(28)18-27/h4-9,15,21,28H,2-3,10-14,16-18H2,1H3,(H2,24,25,26). The second-order valence-corrected chi connectivity index (χ2v) is 7.65. The van der Waals surface area contributed by atoms with Gasteiger partial charge in [-0.25, -0.2) is 4.99 Å². The SMILES string of the molecule is CCCCNC(=NCc1ccccc1CN1CCC(O)C1)NCCc1ccco1. The molecule has 1 aliphatic rings. The third-order valence-electron chi connectivity index (χ3n) is 5.23. The van der Waals surface area contributed by atoms with Crippen LogP contribution < -0.4 is 10.6 Å². The molecule has 0 spiro atoms. The Bertz CT molecular complexity index is 745. The molecule has 0 saturated carbocycles. The van der Waals surface area contributed by atoms with E-state index in [9.17, 15) is 5.11 Å². The largest absolute Gasteiger partial charge is 0.469 e. The van der Waals surface area contributed by atoms with Crippen LogP contribution in [0.3, 0.4) is 0 Å². The molecule has 1 unspecified atom stereocenters. The van der Waals surface area contributed by atoms with Crippen molar-refractivity contribution in [3.63, 3.8) is 0 Å².